The van der Waals surface area contributed by atoms with Gasteiger partial charge in [-0.05, 0) is 35.4 Å². The SMILES string of the molecule is O=C1O[C@H](CN(Cc2ccccc2)Cc2ccccc2)CN1c1ccc(N[C@H]2OC(CO)[C@H](O)C(O)[C@H]2O)cc1. The average molecular weight is 550 g/mol. The average Bonchev–Trinajstić information content (AvgIpc) is 3.34. The number of nitrogens with zero attached hydrogens (tertiary/aromatic N) is 2. The first kappa shape index (κ1) is 28.0. The molecule has 0 saturated carbocycles. The van der Waals surface area contributed by atoms with E-state index in [1.54, 1.807) is 29.2 Å². The van der Waals surface area contributed by atoms with Gasteiger partial charge in [0.05, 0.1) is 13.2 Å². The van der Waals surface area contributed by atoms with Gasteiger partial charge in [0.1, 0.15) is 30.5 Å². The number of anilines is 2. The molecule has 1 amide bonds. The maximum atomic E-state index is 12.8. The Hall–Kier alpha value is -3.51. The molecule has 0 aromatic heterocycles. The van der Waals surface area contributed by atoms with Crippen molar-refractivity contribution in [3.05, 3.63) is 96.1 Å². The molecular weight excluding hydrogens is 514 g/mol. The molecule has 40 heavy (non-hydrogen) atoms. The number of carbonyl (C=O) groups excluding carboxylic acids is 1. The molecule has 0 bridgehead atoms. The number of ether oxygens (including phenoxy) is 2. The quantitative estimate of drug-likeness (QED) is 0.257. The van der Waals surface area contributed by atoms with E-state index in [0.29, 0.717) is 24.5 Å². The van der Waals surface area contributed by atoms with Crippen LogP contribution in [0.5, 0.6) is 0 Å². The van der Waals surface area contributed by atoms with Crippen molar-refractivity contribution < 1.29 is 34.7 Å². The van der Waals surface area contributed by atoms with Crippen LogP contribution in [0.1, 0.15) is 11.1 Å². The van der Waals surface area contributed by atoms with Gasteiger partial charge in [-0.15, -0.1) is 0 Å². The minimum absolute atomic E-state index is 0.313. The van der Waals surface area contributed by atoms with Crippen molar-refractivity contribution in [3.8, 4) is 0 Å². The Morgan fingerprint density at radius 3 is 2.00 bits per heavy atom. The first-order valence-electron chi connectivity index (χ1n) is 13.4. The third kappa shape index (κ3) is 6.61. The minimum Gasteiger partial charge on any atom is -0.443 e. The lowest BCUT2D eigenvalue weighted by molar-refractivity contribution is -0.221. The highest BCUT2D eigenvalue weighted by molar-refractivity contribution is 5.90. The largest absolute Gasteiger partial charge is 0.443 e. The van der Waals surface area contributed by atoms with Crippen molar-refractivity contribution in [3.63, 3.8) is 0 Å². The zero-order chi connectivity index (χ0) is 28.1. The maximum Gasteiger partial charge on any atom is 0.414 e. The molecule has 2 aliphatic heterocycles. The Kier molecular flexibility index (Phi) is 8.95. The summed E-state index contributed by atoms with van der Waals surface area (Å²) in [5.74, 6) is 0. The number of cyclic esters (lactones) is 1. The summed E-state index contributed by atoms with van der Waals surface area (Å²) in [7, 11) is 0. The van der Waals surface area contributed by atoms with E-state index in [9.17, 15) is 25.2 Å². The predicted octanol–water partition coefficient (Wildman–Crippen LogP) is 1.93. The van der Waals surface area contributed by atoms with E-state index < -0.39 is 43.3 Å². The van der Waals surface area contributed by atoms with E-state index in [0.717, 1.165) is 13.1 Å². The number of nitrogens with one attached hydrogen (secondary N) is 1. The van der Waals surface area contributed by atoms with Gasteiger partial charge in [-0.1, -0.05) is 60.7 Å². The molecule has 2 fully saturated rings. The lowest BCUT2D eigenvalue weighted by Gasteiger charge is -2.40. The molecule has 2 saturated heterocycles. The summed E-state index contributed by atoms with van der Waals surface area (Å²) >= 11 is 0. The zero-order valence-corrected chi connectivity index (χ0v) is 22.0. The van der Waals surface area contributed by atoms with E-state index in [1.165, 1.54) is 11.1 Å². The van der Waals surface area contributed by atoms with Crippen LogP contribution in [0.25, 0.3) is 0 Å². The monoisotopic (exact) mass is 549 g/mol. The molecule has 0 radical (unpaired) electrons. The lowest BCUT2D eigenvalue weighted by atomic mass is 9.98. The fourth-order valence-corrected chi connectivity index (χ4v) is 5.11. The van der Waals surface area contributed by atoms with Crippen molar-refractivity contribution in [1.29, 1.82) is 0 Å². The summed E-state index contributed by atoms with van der Waals surface area (Å²) in [6.45, 7) is 1.92. The highest BCUT2D eigenvalue weighted by Crippen LogP contribution is 2.27. The second-order valence-electron chi connectivity index (χ2n) is 10.2. The first-order valence-corrected chi connectivity index (χ1v) is 13.4. The Morgan fingerprint density at radius 2 is 1.43 bits per heavy atom. The summed E-state index contributed by atoms with van der Waals surface area (Å²) in [5.41, 5.74) is 3.59. The summed E-state index contributed by atoms with van der Waals surface area (Å²) < 4.78 is 11.3. The summed E-state index contributed by atoms with van der Waals surface area (Å²) in [6.07, 6.45) is -7.07. The van der Waals surface area contributed by atoms with Gasteiger partial charge in [0.2, 0.25) is 0 Å². The molecule has 10 heteroatoms. The molecule has 2 heterocycles. The van der Waals surface area contributed by atoms with E-state index >= 15 is 0 Å². The number of aliphatic hydroxyl groups is 4. The standard InChI is InChI=1S/C30H35N3O7/c34-19-25-26(35)27(36)28(37)29(40-25)31-22-11-13-23(14-12-22)33-18-24(39-30(33)38)17-32(15-20-7-3-1-4-8-20)16-21-9-5-2-6-10-21/h1-14,24-29,31,34-37H,15-19H2/t24-,25?,26+,27?,28-,29+/m1/s1. The molecule has 3 aromatic rings. The zero-order valence-electron chi connectivity index (χ0n) is 22.0. The summed E-state index contributed by atoms with van der Waals surface area (Å²) in [4.78, 5) is 16.7. The van der Waals surface area contributed by atoms with Gasteiger partial charge in [0.25, 0.3) is 0 Å². The van der Waals surface area contributed by atoms with Gasteiger partial charge in [-0.3, -0.25) is 9.80 Å². The van der Waals surface area contributed by atoms with E-state index in [-0.39, 0.29) is 6.10 Å². The fourth-order valence-electron chi connectivity index (χ4n) is 5.11. The van der Waals surface area contributed by atoms with Crippen molar-refractivity contribution in [1.82, 2.24) is 4.90 Å². The van der Waals surface area contributed by atoms with E-state index in [2.05, 4.69) is 34.5 Å². The molecule has 10 nitrogen and oxygen atoms in total. The second kappa shape index (κ2) is 12.8. The molecule has 6 atom stereocenters. The second-order valence-corrected chi connectivity index (χ2v) is 10.2. The third-order valence-corrected chi connectivity index (χ3v) is 7.21. The smallest absolute Gasteiger partial charge is 0.414 e. The van der Waals surface area contributed by atoms with Crippen LogP contribution in [0, 0.1) is 0 Å². The lowest BCUT2D eigenvalue weighted by Crippen LogP contribution is -2.60. The van der Waals surface area contributed by atoms with Gasteiger partial charge in [-0.2, -0.15) is 0 Å². The number of hydrogen-bond acceptors (Lipinski definition) is 9. The molecule has 2 aliphatic rings. The van der Waals surface area contributed by atoms with E-state index in [1.807, 2.05) is 36.4 Å². The predicted molar refractivity (Wildman–Crippen MR) is 148 cm³/mol. The highest BCUT2D eigenvalue weighted by Gasteiger charge is 2.43. The van der Waals surface area contributed by atoms with Gasteiger partial charge < -0.3 is 35.2 Å². The van der Waals surface area contributed by atoms with E-state index in [4.69, 9.17) is 9.47 Å². The number of aliphatic hydroxyl groups excluding tert-OH is 4. The van der Waals surface area contributed by atoms with Crippen LogP contribution >= 0.6 is 0 Å². The van der Waals surface area contributed by atoms with Crippen LogP contribution in [-0.4, -0.2) is 87.9 Å². The molecule has 5 rings (SSSR count). The number of benzene rings is 3. The molecule has 3 aromatic carbocycles. The number of rotatable bonds is 10. The van der Waals surface area contributed by atoms with Gasteiger partial charge in [0, 0.05) is 31.0 Å². The number of carbonyl (C=O) groups is 1. The Labute approximate surface area is 233 Å². The van der Waals surface area contributed by atoms with Crippen LogP contribution in [0.3, 0.4) is 0 Å². The normalized spacial score (nSPS) is 26.6. The highest BCUT2D eigenvalue weighted by atomic mass is 16.6. The molecule has 2 unspecified atom stereocenters. The summed E-state index contributed by atoms with van der Waals surface area (Å²) in [6, 6.07) is 27.3. The molecular formula is C30H35N3O7. The molecule has 212 valence electrons. The third-order valence-electron chi connectivity index (χ3n) is 7.21. The Morgan fingerprint density at radius 1 is 0.825 bits per heavy atom. The van der Waals surface area contributed by atoms with Crippen molar-refractivity contribution in [2.24, 2.45) is 0 Å². The van der Waals surface area contributed by atoms with Gasteiger partial charge >= 0.3 is 6.09 Å². The van der Waals surface area contributed by atoms with Crippen LogP contribution in [0.15, 0.2) is 84.9 Å². The summed E-state index contributed by atoms with van der Waals surface area (Å²) in [5, 5.41) is 42.6. The van der Waals surface area contributed by atoms with Crippen LogP contribution in [0.2, 0.25) is 0 Å². The topological polar surface area (TPSA) is 135 Å². The van der Waals surface area contributed by atoms with Gasteiger partial charge in [0.15, 0.2) is 6.23 Å². The Bertz CT molecular complexity index is 1190. The van der Waals surface area contributed by atoms with Crippen LogP contribution in [-0.2, 0) is 22.6 Å². The molecule has 0 aliphatic carbocycles. The number of hydrogen-bond donors (Lipinski definition) is 5. The first-order chi connectivity index (χ1) is 19.4. The maximum absolute atomic E-state index is 12.8. The minimum atomic E-state index is -1.47. The molecule has 0 spiro atoms. The molecule has 5 N–H and O–H groups in total. The Balaban J connectivity index is 1.22. The van der Waals surface area contributed by atoms with Crippen LogP contribution in [0.4, 0.5) is 16.2 Å². The van der Waals surface area contributed by atoms with Crippen molar-refractivity contribution in [2.45, 2.75) is 49.8 Å². The van der Waals surface area contributed by atoms with Crippen molar-refractivity contribution in [2.75, 3.05) is 29.9 Å². The number of amides is 1. The van der Waals surface area contributed by atoms with Gasteiger partial charge in [-0.25, -0.2) is 4.79 Å². The van der Waals surface area contributed by atoms with Crippen molar-refractivity contribution >= 4 is 17.5 Å². The fraction of sp³-hybridized carbons (Fsp3) is 0.367. The van der Waals surface area contributed by atoms with Crippen LogP contribution < -0.4 is 10.2 Å².